The Morgan fingerprint density at radius 2 is 1.24 bits per heavy atom. The summed E-state index contributed by atoms with van der Waals surface area (Å²) in [5.41, 5.74) is 8.70. The van der Waals surface area contributed by atoms with Gasteiger partial charge in [-0.25, -0.2) is 9.97 Å². The molecular weight excluding hydrogens is 733 g/mol. The fourth-order valence-electron chi connectivity index (χ4n) is 6.01. The average Bonchev–Trinajstić information content (AvgIpc) is 3.11. The van der Waals surface area contributed by atoms with Gasteiger partial charge in [0, 0.05) is 24.2 Å². The summed E-state index contributed by atoms with van der Waals surface area (Å²) in [5.74, 6) is -1.33. The van der Waals surface area contributed by atoms with Crippen LogP contribution in [0.1, 0.15) is 70.5 Å². The number of aliphatic carboxylic acids is 2. The predicted octanol–water partition coefficient (Wildman–Crippen LogP) is 7.51. The molecule has 0 saturated carbocycles. The lowest BCUT2D eigenvalue weighted by Crippen LogP contribution is -2.28. The van der Waals surface area contributed by atoms with Crippen molar-refractivity contribution in [3.05, 3.63) is 103 Å². The molecule has 0 aliphatic heterocycles. The number of carbonyl (C=O) groups is 2. The van der Waals surface area contributed by atoms with Gasteiger partial charge in [0.2, 0.25) is 11.8 Å². The molecule has 4 rings (SSSR count). The number of carboxylic acids is 2. The number of aliphatic hydroxyl groups excluding tert-OH is 2. The normalized spacial score (nSPS) is 12.7. The van der Waals surface area contributed by atoms with Crippen LogP contribution >= 0.6 is 23.2 Å². The van der Waals surface area contributed by atoms with E-state index in [1.807, 2.05) is 48.6 Å². The maximum Gasteiger partial charge on any atom is 0.306 e. The van der Waals surface area contributed by atoms with Crippen LogP contribution < -0.4 is 14.8 Å². The van der Waals surface area contributed by atoms with E-state index in [2.05, 4.69) is 41.3 Å². The summed E-state index contributed by atoms with van der Waals surface area (Å²) in [4.78, 5) is 30.9. The van der Waals surface area contributed by atoms with Gasteiger partial charge in [0.15, 0.2) is 0 Å². The second kappa shape index (κ2) is 20.1. The molecule has 2 aromatic carbocycles. The lowest BCUT2D eigenvalue weighted by Gasteiger charge is -2.14. The summed E-state index contributed by atoms with van der Waals surface area (Å²) in [7, 11) is 3.04. The largest absolute Gasteiger partial charge is 0.481 e. The number of aryl methyl sites for hydroxylation is 1. The van der Waals surface area contributed by atoms with Gasteiger partial charge in [-0.3, -0.25) is 9.59 Å². The van der Waals surface area contributed by atoms with Crippen LogP contribution in [0.2, 0.25) is 10.0 Å². The van der Waals surface area contributed by atoms with Crippen molar-refractivity contribution in [2.24, 2.45) is 0 Å². The number of rotatable bonds is 19. The van der Waals surface area contributed by atoms with Gasteiger partial charge in [-0.1, -0.05) is 71.8 Å². The zero-order valence-corrected chi connectivity index (χ0v) is 32.1. The van der Waals surface area contributed by atoms with Gasteiger partial charge >= 0.3 is 11.9 Å². The number of carboxylic acid groups (broad SMARTS) is 2. The first-order valence-corrected chi connectivity index (χ1v) is 18.1. The Morgan fingerprint density at radius 3 is 1.74 bits per heavy atom. The van der Waals surface area contributed by atoms with Gasteiger partial charge in [0.05, 0.1) is 60.7 Å². The Morgan fingerprint density at radius 1 is 0.759 bits per heavy atom. The van der Waals surface area contributed by atoms with E-state index in [0.29, 0.717) is 58.0 Å². The molecular formula is C41H45Cl2N3O8. The smallest absolute Gasteiger partial charge is 0.306 e. The fraction of sp³-hybridized carbons (Fsp3) is 0.317. The van der Waals surface area contributed by atoms with Crippen LogP contribution in [0, 0.1) is 13.8 Å². The third-order valence-corrected chi connectivity index (χ3v) is 9.46. The van der Waals surface area contributed by atoms with E-state index in [9.17, 15) is 19.8 Å². The molecule has 2 heterocycles. The molecule has 2 aromatic heterocycles. The van der Waals surface area contributed by atoms with Gasteiger partial charge in [0.25, 0.3) is 0 Å². The highest BCUT2D eigenvalue weighted by Gasteiger charge is 2.16. The number of ether oxygens (including phenoxy) is 2. The molecule has 0 spiro atoms. The van der Waals surface area contributed by atoms with E-state index in [-0.39, 0.29) is 25.9 Å². The third kappa shape index (κ3) is 11.6. The van der Waals surface area contributed by atoms with Gasteiger partial charge in [0.1, 0.15) is 0 Å². The van der Waals surface area contributed by atoms with E-state index in [1.165, 1.54) is 14.2 Å². The Hall–Kier alpha value is -4.78. The van der Waals surface area contributed by atoms with Gasteiger partial charge < -0.3 is 35.2 Å². The Bertz CT molecular complexity index is 1870. The van der Waals surface area contributed by atoms with Gasteiger partial charge in [-0.15, -0.1) is 0 Å². The maximum atomic E-state index is 10.8. The van der Waals surface area contributed by atoms with E-state index in [0.717, 1.165) is 38.9 Å². The number of aromatic nitrogens is 2. The molecule has 13 heteroatoms. The molecule has 0 radical (unpaired) electrons. The number of aliphatic hydroxyl groups is 2. The van der Waals surface area contributed by atoms with Crippen LogP contribution in [0.4, 0.5) is 0 Å². The summed E-state index contributed by atoms with van der Waals surface area (Å²) >= 11 is 13.3. The van der Waals surface area contributed by atoms with Crippen molar-refractivity contribution in [3.63, 3.8) is 0 Å². The van der Waals surface area contributed by atoms with Crippen molar-refractivity contribution < 1.29 is 39.5 Å². The SMILES string of the molecule is COc1nc(/C=C/c2cccc(-c3cccc(/C=C/c4nc(OC)c(CNC[C@@H](O)CC(=O)O)cc4Cl)c3C)c2C)c(Cl)cc1CCC[C@@H](O)CC(=O)O. The van der Waals surface area contributed by atoms with E-state index in [1.54, 1.807) is 12.1 Å². The van der Waals surface area contributed by atoms with E-state index >= 15 is 0 Å². The minimum Gasteiger partial charge on any atom is -0.481 e. The maximum absolute atomic E-state index is 10.8. The average molecular weight is 779 g/mol. The molecule has 11 nitrogen and oxygen atoms in total. The minimum absolute atomic E-state index is 0.0893. The summed E-state index contributed by atoms with van der Waals surface area (Å²) in [6.07, 6.45) is 6.42. The monoisotopic (exact) mass is 777 g/mol. The van der Waals surface area contributed by atoms with Crippen LogP contribution in [0.25, 0.3) is 35.4 Å². The molecule has 286 valence electrons. The van der Waals surface area contributed by atoms with Crippen LogP contribution in [0.3, 0.4) is 0 Å². The van der Waals surface area contributed by atoms with Crippen molar-refractivity contribution in [2.75, 3.05) is 20.8 Å². The van der Waals surface area contributed by atoms with Crippen molar-refractivity contribution in [2.45, 2.75) is 64.7 Å². The Labute approximate surface area is 324 Å². The molecule has 0 unspecified atom stereocenters. The first-order valence-electron chi connectivity index (χ1n) is 17.3. The second-order valence-corrected chi connectivity index (χ2v) is 13.6. The van der Waals surface area contributed by atoms with Crippen LogP contribution in [0.5, 0.6) is 11.8 Å². The van der Waals surface area contributed by atoms with Crippen molar-refractivity contribution in [1.29, 1.82) is 0 Å². The molecule has 0 aliphatic rings. The lowest BCUT2D eigenvalue weighted by atomic mass is 9.91. The second-order valence-electron chi connectivity index (χ2n) is 12.8. The highest BCUT2D eigenvalue weighted by molar-refractivity contribution is 6.32. The first-order chi connectivity index (χ1) is 25.8. The molecule has 0 amide bonds. The molecule has 5 N–H and O–H groups in total. The van der Waals surface area contributed by atoms with Gasteiger partial charge in [-0.2, -0.15) is 0 Å². The molecule has 0 fully saturated rings. The zero-order chi connectivity index (χ0) is 39.4. The zero-order valence-electron chi connectivity index (χ0n) is 30.6. The topological polar surface area (TPSA) is 171 Å². The van der Waals surface area contributed by atoms with Crippen LogP contribution in [0.15, 0.2) is 48.5 Å². The number of halogens is 2. The number of methoxy groups -OCH3 is 2. The summed E-state index contributed by atoms with van der Waals surface area (Å²) in [6, 6.07) is 15.7. The summed E-state index contributed by atoms with van der Waals surface area (Å²) < 4.78 is 11.0. The van der Waals surface area contributed by atoms with E-state index in [4.69, 9.17) is 42.9 Å². The number of nitrogens with one attached hydrogen (secondary N) is 1. The Balaban J connectivity index is 1.52. The highest BCUT2D eigenvalue weighted by atomic mass is 35.5. The Kier molecular flexibility index (Phi) is 15.6. The molecule has 4 aromatic rings. The third-order valence-electron chi connectivity index (χ3n) is 8.85. The summed E-state index contributed by atoms with van der Waals surface area (Å²) in [6.45, 7) is 4.49. The highest BCUT2D eigenvalue weighted by Crippen LogP contribution is 2.33. The lowest BCUT2D eigenvalue weighted by molar-refractivity contribution is -0.140. The minimum atomic E-state index is -1.07. The quantitative estimate of drug-likeness (QED) is 0.0638. The molecule has 54 heavy (non-hydrogen) atoms. The molecule has 0 saturated heterocycles. The summed E-state index contributed by atoms with van der Waals surface area (Å²) in [5, 5.41) is 41.3. The van der Waals surface area contributed by atoms with Crippen molar-refractivity contribution >= 4 is 59.4 Å². The van der Waals surface area contributed by atoms with Crippen molar-refractivity contribution in [3.8, 4) is 22.9 Å². The number of benzene rings is 2. The number of hydrogen-bond acceptors (Lipinski definition) is 9. The fourth-order valence-corrected chi connectivity index (χ4v) is 6.48. The number of pyridine rings is 2. The van der Waals surface area contributed by atoms with Crippen LogP contribution in [-0.4, -0.2) is 75.3 Å². The first kappa shape index (κ1) is 42.0. The molecule has 0 bridgehead atoms. The van der Waals surface area contributed by atoms with Gasteiger partial charge in [-0.05, 0) is 90.8 Å². The molecule has 0 aliphatic carbocycles. The molecule has 2 atom stereocenters. The predicted molar refractivity (Wildman–Crippen MR) is 212 cm³/mol. The van der Waals surface area contributed by atoms with Crippen molar-refractivity contribution in [1.82, 2.24) is 15.3 Å². The number of hydrogen-bond donors (Lipinski definition) is 5. The van der Waals surface area contributed by atoms with E-state index < -0.39 is 24.1 Å². The van der Waals surface area contributed by atoms with Crippen LogP contribution in [-0.2, 0) is 22.6 Å². The number of nitrogens with zero attached hydrogens (tertiary/aromatic N) is 2. The standard InChI is InChI=1S/C41H45Cl2N3O8/c1-24-26(14-16-36-34(42)18-28(40(45-36)53-3)10-5-11-30(47)20-38(49)50)8-6-12-32(24)33-13-7-9-27(25(33)2)15-17-37-35(43)19-29(41(46-37)54-4)22-44-23-31(48)21-39(51)52/h6-9,12-19,30-31,44,47-48H,5,10-11,20-23H2,1-4H3,(H,49,50)(H,51,52)/b16-14+,17-15+/t30-,31+/m1/s1.